The van der Waals surface area contributed by atoms with Crippen LogP contribution in [0, 0.1) is 0 Å². The topological polar surface area (TPSA) is 58.7 Å². The van der Waals surface area contributed by atoms with Crippen LogP contribution in [0.25, 0.3) is 0 Å². The number of nitrogens with zero attached hydrogens (tertiary/aromatic N) is 1. The molecule has 19 heavy (non-hydrogen) atoms. The Labute approximate surface area is 116 Å². The van der Waals surface area contributed by atoms with E-state index in [4.69, 9.17) is 10.5 Å². The summed E-state index contributed by atoms with van der Waals surface area (Å²) in [5.41, 5.74) is 7.30. The minimum Gasteiger partial charge on any atom is -0.497 e. The average molecular weight is 266 g/mol. The predicted molar refractivity (Wildman–Crippen MR) is 78.2 cm³/mol. The first-order chi connectivity index (χ1) is 9.12. The molecule has 1 aromatic carbocycles. The number of likely N-dealkylation sites (N-methyl/N-ethyl adjacent to an activating group) is 1. The van der Waals surface area contributed by atoms with Crippen LogP contribution in [0.2, 0.25) is 0 Å². The van der Waals surface area contributed by atoms with Gasteiger partial charge in [-0.2, -0.15) is 0 Å². The first-order valence-corrected chi connectivity index (χ1v) is 6.82. The average Bonchev–Trinajstić information content (AvgIpc) is 2.40. The maximum Gasteiger partial charge on any atom is 0.118 e. The molecule has 108 valence electrons. The second-order valence-corrected chi connectivity index (χ2v) is 4.97. The molecule has 4 nitrogen and oxygen atoms in total. The largest absolute Gasteiger partial charge is 0.497 e. The van der Waals surface area contributed by atoms with Crippen LogP contribution in [0.3, 0.4) is 0 Å². The van der Waals surface area contributed by atoms with Crippen molar-refractivity contribution < 1.29 is 9.84 Å². The molecule has 0 saturated heterocycles. The number of aliphatic hydroxyl groups is 1. The molecule has 0 radical (unpaired) electrons. The van der Waals surface area contributed by atoms with Gasteiger partial charge in [-0.25, -0.2) is 0 Å². The van der Waals surface area contributed by atoms with E-state index in [1.807, 2.05) is 31.3 Å². The van der Waals surface area contributed by atoms with Crippen molar-refractivity contribution in [1.29, 1.82) is 0 Å². The third-order valence-electron chi connectivity index (χ3n) is 3.46. The molecule has 0 aliphatic carbocycles. The molecule has 0 spiro atoms. The summed E-state index contributed by atoms with van der Waals surface area (Å²) in [5.74, 6) is 0.854. The molecule has 0 heterocycles. The predicted octanol–water partition coefficient (Wildman–Crippen LogP) is 1.62. The van der Waals surface area contributed by atoms with Crippen LogP contribution >= 0.6 is 0 Å². The first kappa shape index (κ1) is 16.0. The van der Waals surface area contributed by atoms with E-state index in [9.17, 15) is 5.11 Å². The van der Waals surface area contributed by atoms with Gasteiger partial charge in [-0.3, -0.25) is 4.90 Å². The van der Waals surface area contributed by atoms with Crippen LogP contribution in [0.5, 0.6) is 5.75 Å². The Hall–Kier alpha value is -1.10. The minimum absolute atomic E-state index is 0.00190. The lowest BCUT2D eigenvalue weighted by atomic mass is 10.0. The van der Waals surface area contributed by atoms with E-state index >= 15 is 0 Å². The molecule has 0 amide bonds. The summed E-state index contributed by atoms with van der Waals surface area (Å²) in [6.45, 7) is 2.97. The highest BCUT2D eigenvalue weighted by molar-refractivity contribution is 5.27. The fraction of sp³-hybridized carbons (Fsp3) is 0.600. The van der Waals surface area contributed by atoms with Gasteiger partial charge in [0.25, 0.3) is 0 Å². The molecule has 1 aromatic rings. The lowest BCUT2D eigenvalue weighted by Crippen LogP contribution is -2.48. The van der Waals surface area contributed by atoms with E-state index in [-0.39, 0.29) is 18.7 Å². The van der Waals surface area contributed by atoms with Crippen LogP contribution in [0.4, 0.5) is 0 Å². The Kier molecular flexibility index (Phi) is 6.84. The zero-order valence-corrected chi connectivity index (χ0v) is 12.2. The number of benzene rings is 1. The Morgan fingerprint density at radius 1 is 1.32 bits per heavy atom. The van der Waals surface area contributed by atoms with Crippen molar-refractivity contribution in [2.24, 2.45) is 5.73 Å². The van der Waals surface area contributed by atoms with E-state index in [2.05, 4.69) is 11.8 Å². The Bertz CT molecular complexity index is 354. The van der Waals surface area contributed by atoms with Gasteiger partial charge in [0.2, 0.25) is 0 Å². The van der Waals surface area contributed by atoms with Gasteiger partial charge in [0.15, 0.2) is 0 Å². The molecule has 1 rings (SSSR count). The van der Waals surface area contributed by atoms with E-state index in [1.54, 1.807) is 7.11 Å². The molecule has 0 aliphatic heterocycles. The summed E-state index contributed by atoms with van der Waals surface area (Å²) in [6, 6.07) is 7.98. The Balaban J connectivity index is 2.62. The molecule has 2 unspecified atom stereocenters. The minimum atomic E-state index is 0.00190. The summed E-state index contributed by atoms with van der Waals surface area (Å²) in [7, 11) is 3.66. The molecule has 2 atom stereocenters. The first-order valence-electron chi connectivity index (χ1n) is 6.82. The summed E-state index contributed by atoms with van der Waals surface area (Å²) in [5, 5.41) is 9.51. The molecule has 3 N–H and O–H groups in total. The van der Waals surface area contributed by atoms with E-state index in [1.165, 1.54) is 5.56 Å². The lowest BCUT2D eigenvalue weighted by molar-refractivity contribution is 0.118. The van der Waals surface area contributed by atoms with Gasteiger partial charge in [-0.05, 0) is 31.2 Å². The van der Waals surface area contributed by atoms with Gasteiger partial charge in [0.1, 0.15) is 5.75 Å². The lowest BCUT2D eigenvalue weighted by Gasteiger charge is -2.31. The molecular formula is C15H26N2O2. The van der Waals surface area contributed by atoms with Crippen molar-refractivity contribution >= 4 is 0 Å². The van der Waals surface area contributed by atoms with Crippen molar-refractivity contribution in [2.45, 2.75) is 38.4 Å². The van der Waals surface area contributed by atoms with Gasteiger partial charge in [0, 0.05) is 18.6 Å². The third-order valence-corrected chi connectivity index (χ3v) is 3.46. The van der Waals surface area contributed by atoms with Crippen LogP contribution in [0.15, 0.2) is 24.3 Å². The summed E-state index contributed by atoms with van der Waals surface area (Å²) < 4.78 is 5.14. The fourth-order valence-corrected chi connectivity index (χ4v) is 2.26. The van der Waals surface area contributed by atoms with Crippen LogP contribution in [0.1, 0.15) is 25.3 Å². The number of hydrogen-bond acceptors (Lipinski definition) is 4. The standard InChI is InChI=1S/C15H26N2O2/c1-4-5-14(16)15(11-18)17(2)10-12-6-8-13(19-3)9-7-12/h6-9,14-15,18H,4-5,10-11,16H2,1-3H3. The Morgan fingerprint density at radius 2 is 1.95 bits per heavy atom. The summed E-state index contributed by atoms with van der Waals surface area (Å²) >= 11 is 0. The van der Waals surface area contributed by atoms with Crippen molar-refractivity contribution in [3.05, 3.63) is 29.8 Å². The molecule has 4 heteroatoms. The molecule has 0 aromatic heterocycles. The second kappa shape index (κ2) is 8.15. The van der Waals surface area contributed by atoms with Gasteiger partial charge in [-0.15, -0.1) is 0 Å². The normalized spacial score (nSPS) is 14.4. The fourth-order valence-electron chi connectivity index (χ4n) is 2.26. The number of methoxy groups -OCH3 is 1. The van der Waals surface area contributed by atoms with Crippen LogP contribution in [-0.2, 0) is 6.54 Å². The molecule has 0 aliphatic rings. The number of ether oxygens (including phenoxy) is 1. The zero-order chi connectivity index (χ0) is 14.3. The SMILES string of the molecule is CCCC(N)C(CO)N(C)Cc1ccc(OC)cc1. The summed E-state index contributed by atoms with van der Waals surface area (Å²) in [6.07, 6.45) is 1.96. The van der Waals surface area contributed by atoms with Gasteiger partial charge < -0.3 is 15.6 Å². The zero-order valence-electron chi connectivity index (χ0n) is 12.2. The van der Waals surface area contributed by atoms with E-state index in [0.29, 0.717) is 0 Å². The number of nitrogens with two attached hydrogens (primary N) is 1. The van der Waals surface area contributed by atoms with Gasteiger partial charge in [-0.1, -0.05) is 25.5 Å². The monoisotopic (exact) mass is 266 g/mol. The van der Waals surface area contributed by atoms with Crippen molar-refractivity contribution in [3.8, 4) is 5.75 Å². The van der Waals surface area contributed by atoms with Crippen LogP contribution < -0.4 is 10.5 Å². The molecular weight excluding hydrogens is 240 g/mol. The highest BCUT2D eigenvalue weighted by atomic mass is 16.5. The van der Waals surface area contributed by atoms with Crippen molar-refractivity contribution in [1.82, 2.24) is 4.90 Å². The summed E-state index contributed by atoms with van der Waals surface area (Å²) in [4.78, 5) is 2.11. The maximum atomic E-state index is 9.51. The highest BCUT2D eigenvalue weighted by Crippen LogP contribution is 2.15. The molecule has 0 saturated carbocycles. The number of hydrogen-bond donors (Lipinski definition) is 2. The smallest absolute Gasteiger partial charge is 0.118 e. The second-order valence-electron chi connectivity index (χ2n) is 4.97. The van der Waals surface area contributed by atoms with Gasteiger partial charge in [0.05, 0.1) is 13.7 Å². The molecule has 0 fully saturated rings. The quantitative estimate of drug-likeness (QED) is 0.750. The van der Waals surface area contributed by atoms with E-state index in [0.717, 1.165) is 25.1 Å². The number of rotatable bonds is 8. The van der Waals surface area contributed by atoms with Crippen molar-refractivity contribution in [2.75, 3.05) is 20.8 Å². The third kappa shape index (κ3) is 4.82. The van der Waals surface area contributed by atoms with E-state index < -0.39 is 0 Å². The highest BCUT2D eigenvalue weighted by Gasteiger charge is 2.20. The van der Waals surface area contributed by atoms with Gasteiger partial charge >= 0.3 is 0 Å². The maximum absolute atomic E-state index is 9.51. The number of aliphatic hydroxyl groups excluding tert-OH is 1. The van der Waals surface area contributed by atoms with Crippen molar-refractivity contribution in [3.63, 3.8) is 0 Å². The van der Waals surface area contributed by atoms with Crippen LogP contribution in [-0.4, -0.2) is 42.9 Å². The molecule has 0 bridgehead atoms. The Morgan fingerprint density at radius 3 is 2.42 bits per heavy atom.